The second-order valence-corrected chi connectivity index (χ2v) is 9.99. The van der Waals surface area contributed by atoms with Gasteiger partial charge in [0.25, 0.3) is 0 Å². The third-order valence-electron chi connectivity index (χ3n) is 6.52. The molecule has 1 atom stereocenters. The summed E-state index contributed by atoms with van der Waals surface area (Å²) in [4.78, 5) is 29.1. The van der Waals surface area contributed by atoms with E-state index in [9.17, 15) is 14.0 Å². The number of fused-ring (bicyclic) bond motifs is 1. The summed E-state index contributed by atoms with van der Waals surface area (Å²) in [5, 5.41) is 11.3. The quantitative estimate of drug-likeness (QED) is 0.310. The number of nitrogens with zero attached hydrogens (tertiary/aromatic N) is 4. The van der Waals surface area contributed by atoms with Crippen molar-refractivity contribution in [2.24, 2.45) is 5.92 Å². The van der Waals surface area contributed by atoms with Gasteiger partial charge in [-0.05, 0) is 61.1 Å². The molecule has 1 N–H and O–H groups in total. The summed E-state index contributed by atoms with van der Waals surface area (Å²) in [6.45, 7) is 6.90. The maximum Gasteiger partial charge on any atom is 0.247 e. The molecule has 0 saturated heterocycles. The number of para-hydroxylation sites is 1. The molecule has 0 aliphatic rings. The van der Waals surface area contributed by atoms with Crippen molar-refractivity contribution in [2.45, 2.75) is 46.2 Å². The zero-order chi connectivity index (χ0) is 27.1. The van der Waals surface area contributed by atoms with Gasteiger partial charge in [-0.25, -0.2) is 9.07 Å². The van der Waals surface area contributed by atoms with Crippen LogP contribution in [0.1, 0.15) is 43.0 Å². The van der Waals surface area contributed by atoms with Crippen molar-refractivity contribution in [3.63, 3.8) is 0 Å². The molecule has 3 aromatic carbocycles. The molecule has 1 heterocycles. The Kier molecular flexibility index (Phi) is 8.84. The largest absolute Gasteiger partial charge is 0.354 e. The Bertz CT molecular complexity index is 1380. The number of halogens is 1. The fourth-order valence-electron chi connectivity index (χ4n) is 4.47. The van der Waals surface area contributed by atoms with E-state index >= 15 is 0 Å². The van der Waals surface area contributed by atoms with Crippen LogP contribution in [0.25, 0.3) is 11.0 Å². The molecule has 2 amide bonds. The van der Waals surface area contributed by atoms with Crippen molar-refractivity contribution in [1.82, 2.24) is 25.2 Å². The van der Waals surface area contributed by atoms with E-state index in [1.165, 1.54) is 12.1 Å². The SMILES string of the molecule is Cc1cccc(CCN(C(=O)Cn2nnc3ccccc32)[C@@H](C(=O)NCCC(C)C)c2ccc(F)cc2)c1. The zero-order valence-corrected chi connectivity index (χ0v) is 22.1. The number of carbonyl (C=O) groups is 2. The molecule has 7 nitrogen and oxygen atoms in total. The van der Waals surface area contributed by atoms with Gasteiger partial charge in [-0.3, -0.25) is 9.59 Å². The number of rotatable bonds is 11. The van der Waals surface area contributed by atoms with Crippen LogP contribution in [0.2, 0.25) is 0 Å². The Hall–Kier alpha value is -4.07. The second-order valence-electron chi connectivity index (χ2n) is 9.99. The van der Waals surface area contributed by atoms with Gasteiger partial charge >= 0.3 is 0 Å². The average Bonchev–Trinajstić information content (AvgIpc) is 3.29. The summed E-state index contributed by atoms with van der Waals surface area (Å²) in [7, 11) is 0. The number of hydrogen-bond donors (Lipinski definition) is 1. The van der Waals surface area contributed by atoms with E-state index in [1.807, 2.05) is 49.4 Å². The first kappa shape index (κ1) is 27.0. The van der Waals surface area contributed by atoms with Gasteiger partial charge in [-0.15, -0.1) is 5.10 Å². The average molecular weight is 516 g/mol. The number of carbonyl (C=O) groups excluding carboxylic acids is 2. The lowest BCUT2D eigenvalue weighted by molar-refractivity contribution is -0.141. The number of aromatic nitrogens is 3. The number of hydrogen-bond acceptors (Lipinski definition) is 4. The van der Waals surface area contributed by atoms with Crippen LogP contribution >= 0.6 is 0 Å². The standard InChI is InChI=1S/C30H34FN5O2/c1-21(2)15-17-32-30(38)29(24-11-13-25(31)14-12-24)35(18-16-23-8-6-7-22(3)19-23)28(37)20-36-27-10-5-4-9-26(27)33-34-36/h4-14,19,21,29H,15-18,20H2,1-3H3,(H,32,38)/t29-/m1/s1. The van der Waals surface area contributed by atoms with E-state index in [0.29, 0.717) is 36.5 Å². The van der Waals surface area contributed by atoms with E-state index in [1.54, 1.807) is 21.7 Å². The first-order valence-corrected chi connectivity index (χ1v) is 13.0. The molecule has 0 fully saturated rings. The topological polar surface area (TPSA) is 80.1 Å². The minimum Gasteiger partial charge on any atom is -0.354 e. The number of amides is 2. The lowest BCUT2D eigenvalue weighted by Gasteiger charge is -2.32. The van der Waals surface area contributed by atoms with Crippen molar-refractivity contribution in [3.05, 3.63) is 95.3 Å². The highest BCUT2D eigenvalue weighted by Crippen LogP contribution is 2.24. The summed E-state index contributed by atoms with van der Waals surface area (Å²) in [5.74, 6) is -0.557. The normalized spacial score (nSPS) is 12.0. The molecule has 38 heavy (non-hydrogen) atoms. The molecule has 0 aliphatic carbocycles. The molecule has 198 valence electrons. The fourth-order valence-corrected chi connectivity index (χ4v) is 4.47. The summed E-state index contributed by atoms with van der Waals surface area (Å²) < 4.78 is 15.4. The van der Waals surface area contributed by atoms with Crippen LogP contribution < -0.4 is 5.32 Å². The van der Waals surface area contributed by atoms with Gasteiger partial charge in [0.1, 0.15) is 23.9 Å². The van der Waals surface area contributed by atoms with Gasteiger partial charge in [-0.1, -0.05) is 73.2 Å². The van der Waals surface area contributed by atoms with Crippen LogP contribution in [-0.4, -0.2) is 44.8 Å². The van der Waals surface area contributed by atoms with Gasteiger partial charge in [-0.2, -0.15) is 0 Å². The van der Waals surface area contributed by atoms with Gasteiger partial charge in [0.05, 0.1) is 5.52 Å². The summed E-state index contributed by atoms with van der Waals surface area (Å²) in [6, 6.07) is 20.4. The van der Waals surface area contributed by atoms with Crippen LogP contribution in [-0.2, 0) is 22.6 Å². The van der Waals surface area contributed by atoms with Gasteiger partial charge in [0, 0.05) is 13.1 Å². The molecule has 0 unspecified atom stereocenters. The van der Waals surface area contributed by atoms with Gasteiger partial charge in [0.2, 0.25) is 11.8 Å². The lowest BCUT2D eigenvalue weighted by Crippen LogP contribution is -2.46. The van der Waals surface area contributed by atoms with Crippen LogP contribution in [0.4, 0.5) is 4.39 Å². The Morgan fingerprint density at radius 3 is 2.53 bits per heavy atom. The lowest BCUT2D eigenvalue weighted by atomic mass is 10.0. The second kappa shape index (κ2) is 12.4. The summed E-state index contributed by atoms with van der Waals surface area (Å²) >= 11 is 0. The molecular formula is C30H34FN5O2. The van der Waals surface area contributed by atoms with Gasteiger partial charge in [0.15, 0.2) is 0 Å². The van der Waals surface area contributed by atoms with E-state index < -0.39 is 11.9 Å². The third kappa shape index (κ3) is 6.82. The molecule has 4 aromatic rings. The molecule has 8 heteroatoms. The first-order chi connectivity index (χ1) is 18.3. The maximum atomic E-state index is 13.9. The van der Waals surface area contributed by atoms with E-state index in [2.05, 4.69) is 35.5 Å². The van der Waals surface area contributed by atoms with Crippen LogP contribution in [0.3, 0.4) is 0 Å². The van der Waals surface area contributed by atoms with Gasteiger partial charge < -0.3 is 10.2 Å². The fraction of sp³-hybridized carbons (Fsp3) is 0.333. The highest BCUT2D eigenvalue weighted by Gasteiger charge is 2.31. The van der Waals surface area contributed by atoms with Crippen molar-refractivity contribution in [1.29, 1.82) is 0 Å². The molecule has 0 saturated carbocycles. The smallest absolute Gasteiger partial charge is 0.247 e. The monoisotopic (exact) mass is 515 g/mol. The Morgan fingerprint density at radius 2 is 1.79 bits per heavy atom. The van der Waals surface area contributed by atoms with E-state index in [-0.39, 0.29) is 18.4 Å². The van der Waals surface area contributed by atoms with Crippen molar-refractivity contribution >= 4 is 22.8 Å². The first-order valence-electron chi connectivity index (χ1n) is 13.0. The van der Waals surface area contributed by atoms with Crippen molar-refractivity contribution in [3.8, 4) is 0 Å². The summed E-state index contributed by atoms with van der Waals surface area (Å²) in [6.07, 6.45) is 1.37. The number of benzene rings is 3. The number of aryl methyl sites for hydroxylation is 1. The Morgan fingerprint density at radius 1 is 1.03 bits per heavy atom. The molecule has 4 rings (SSSR count). The van der Waals surface area contributed by atoms with Crippen molar-refractivity contribution in [2.75, 3.05) is 13.1 Å². The predicted molar refractivity (Wildman–Crippen MR) is 146 cm³/mol. The number of nitrogens with one attached hydrogen (secondary N) is 1. The molecule has 0 aliphatic heterocycles. The minimum absolute atomic E-state index is 0.0781. The highest BCUT2D eigenvalue weighted by molar-refractivity contribution is 5.89. The third-order valence-corrected chi connectivity index (χ3v) is 6.52. The van der Waals surface area contributed by atoms with Crippen LogP contribution in [0.5, 0.6) is 0 Å². The molecule has 0 radical (unpaired) electrons. The van der Waals surface area contributed by atoms with E-state index in [4.69, 9.17) is 0 Å². The summed E-state index contributed by atoms with van der Waals surface area (Å²) in [5.41, 5.74) is 4.16. The minimum atomic E-state index is -0.921. The molecule has 0 bridgehead atoms. The maximum absolute atomic E-state index is 13.9. The Balaban J connectivity index is 1.67. The molecular weight excluding hydrogens is 481 g/mol. The zero-order valence-electron chi connectivity index (χ0n) is 22.1. The van der Waals surface area contributed by atoms with Crippen LogP contribution in [0, 0.1) is 18.7 Å². The molecule has 1 aromatic heterocycles. The Labute approximate surface area is 222 Å². The highest BCUT2D eigenvalue weighted by atomic mass is 19.1. The molecule has 0 spiro atoms. The van der Waals surface area contributed by atoms with Crippen LogP contribution in [0.15, 0.2) is 72.8 Å². The van der Waals surface area contributed by atoms with Crippen molar-refractivity contribution < 1.29 is 14.0 Å². The van der Waals surface area contributed by atoms with E-state index in [0.717, 1.165) is 23.1 Å². The predicted octanol–water partition coefficient (Wildman–Crippen LogP) is 4.85.